The van der Waals surface area contributed by atoms with Crippen LogP contribution >= 0.6 is 11.3 Å². The van der Waals surface area contributed by atoms with E-state index in [0.717, 1.165) is 22.1 Å². The first-order chi connectivity index (χ1) is 9.02. The average molecular weight is 280 g/mol. The highest BCUT2D eigenvalue weighted by atomic mass is 32.1. The molecule has 0 amide bonds. The van der Waals surface area contributed by atoms with Crippen LogP contribution in [0.4, 0.5) is 0 Å². The Morgan fingerprint density at radius 1 is 1.47 bits per heavy atom. The first-order valence-corrected chi connectivity index (χ1v) is 7.18. The number of thiazole rings is 1. The lowest BCUT2D eigenvalue weighted by molar-refractivity contribution is 0.396. The Bertz CT molecular complexity index is 547. The highest BCUT2D eigenvalue weighted by molar-refractivity contribution is 7.09. The summed E-state index contributed by atoms with van der Waals surface area (Å²) < 4.78 is 7.28. The van der Waals surface area contributed by atoms with Crippen molar-refractivity contribution in [1.29, 1.82) is 0 Å². The fraction of sp³-hybridized carbons (Fsp3) is 0.538. The maximum atomic E-state index is 6.32. The van der Waals surface area contributed by atoms with Gasteiger partial charge in [0.25, 0.3) is 0 Å². The molecule has 2 aromatic rings. The Labute approximate surface area is 117 Å². The molecule has 104 valence electrons. The minimum absolute atomic E-state index is 0.162. The molecule has 0 fully saturated rings. The van der Waals surface area contributed by atoms with Crippen LogP contribution in [0.5, 0.6) is 5.75 Å². The Balaban J connectivity index is 2.26. The molecule has 2 aromatic heterocycles. The number of ether oxygens (including phenoxy) is 1. The molecule has 2 rings (SSSR count). The second kappa shape index (κ2) is 5.71. The molecular weight excluding hydrogens is 260 g/mol. The molecule has 1 atom stereocenters. The average Bonchev–Trinajstić information content (AvgIpc) is 2.94. The van der Waals surface area contributed by atoms with Crippen LogP contribution in [0.2, 0.25) is 0 Å². The van der Waals surface area contributed by atoms with Gasteiger partial charge in [-0.1, -0.05) is 0 Å². The van der Waals surface area contributed by atoms with Gasteiger partial charge in [-0.05, 0) is 20.8 Å². The summed E-state index contributed by atoms with van der Waals surface area (Å²) in [6.45, 7) is 6.15. The van der Waals surface area contributed by atoms with E-state index in [4.69, 9.17) is 10.5 Å². The van der Waals surface area contributed by atoms with Gasteiger partial charge in [-0.25, -0.2) is 4.98 Å². The summed E-state index contributed by atoms with van der Waals surface area (Å²) in [6.07, 6.45) is 2.43. The number of nitrogens with two attached hydrogens (primary N) is 1. The van der Waals surface area contributed by atoms with Crippen LogP contribution in [0.1, 0.15) is 42.3 Å². The van der Waals surface area contributed by atoms with E-state index in [-0.39, 0.29) is 12.1 Å². The number of rotatable bonds is 5. The van der Waals surface area contributed by atoms with E-state index in [1.807, 2.05) is 17.0 Å². The maximum Gasteiger partial charge on any atom is 0.161 e. The molecule has 0 aliphatic heterocycles. The van der Waals surface area contributed by atoms with Crippen molar-refractivity contribution < 1.29 is 4.74 Å². The molecule has 5 nitrogen and oxygen atoms in total. The van der Waals surface area contributed by atoms with Gasteiger partial charge in [-0.2, -0.15) is 5.10 Å². The van der Waals surface area contributed by atoms with Gasteiger partial charge < -0.3 is 10.5 Å². The van der Waals surface area contributed by atoms with Gasteiger partial charge in [0, 0.05) is 23.5 Å². The van der Waals surface area contributed by atoms with Crippen LogP contribution in [-0.4, -0.2) is 21.9 Å². The van der Waals surface area contributed by atoms with Crippen molar-refractivity contribution in [3.63, 3.8) is 0 Å². The van der Waals surface area contributed by atoms with Crippen LogP contribution in [0.15, 0.2) is 11.6 Å². The highest BCUT2D eigenvalue weighted by Crippen LogP contribution is 2.28. The number of aryl methyl sites for hydroxylation is 1. The second-order valence-electron chi connectivity index (χ2n) is 4.83. The van der Waals surface area contributed by atoms with E-state index in [9.17, 15) is 0 Å². The molecule has 0 aliphatic rings. The van der Waals surface area contributed by atoms with Crippen LogP contribution in [0.3, 0.4) is 0 Å². The third kappa shape index (κ3) is 2.96. The molecule has 2 N–H and O–H groups in total. The van der Waals surface area contributed by atoms with E-state index in [2.05, 4.69) is 23.9 Å². The van der Waals surface area contributed by atoms with Gasteiger partial charge in [-0.15, -0.1) is 11.3 Å². The summed E-state index contributed by atoms with van der Waals surface area (Å²) in [5.74, 6) is 0.745. The van der Waals surface area contributed by atoms with Crippen LogP contribution in [0.25, 0.3) is 0 Å². The zero-order valence-electron chi connectivity index (χ0n) is 11.8. The summed E-state index contributed by atoms with van der Waals surface area (Å²) in [4.78, 5) is 4.46. The summed E-state index contributed by atoms with van der Waals surface area (Å²) in [6, 6.07) is 0.0911. The van der Waals surface area contributed by atoms with Crippen molar-refractivity contribution in [2.45, 2.75) is 39.3 Å². The highest BCUT2D eigenvalue weighted by Gasteiger charge is 2.21. The third-order valence-corrected chi connectivity index (χ3v) is 3.91. The molecule has 19 heavy (non-hydrogen) atoms. The molecule has 6 heteroatoms. The van der Waals surface area contributed by atoms with E-state index in [1.54, 1.807) is 24.6 Å². The lowest BCUT2D eigenvalue weighted by Crippen LogP contribution is -2.20. The van der Waals surface area contributed by atoms with Crippen LogP contribution in [-0.2, 0) is 6.42 Å². The van der Waals surface area contributed by atoms with Crippen molar-refractivity contribution in [3.05, 3.63) is 28.0 Å². The molecule has 0 spiro atoms. The zero-order chi connectivity index (χ0) is 14.0. The molecule has 0 bridgehead atoms. The van der Waals surface area contributed by atoms with Crippen LogP contribution < -0.4 is 10.5 Å². The molecule has 2 heterocycles. The lowest BCUT2D eigenvalue weighted by Gasteiger charge is -2.17. The van der Waals surface area contributed by atoms with E-state index in [0.29, 0.717) is 6.42 Å². The van der Waals surface area contributed by atoms with Gasteiger partial charge >= 0.3 is 0 Å². The molecule has 0 radical (unpaired) electrons. The topological polar surface area (TPSA) is 66.0 Å². The molecule has 0 aromatic carbocycles. The van der Waals surface area contributed by atoms with E-state index >= 15 is 0 Å². The van der Waals surface area contributed by atoms with Crippen molar-refractivity contribution in [3.8, 4) is 5.75 Å². The second-order valence-corrected chi connectivity index (χ2v) is 5.77. The molecule has 1 unspecified atom stereocenters. The Morgan fingerprint density at radius 3 is 2.74 bits per heavy atom. The zero-order valence-corrected chi connectivity index (χ0v) is 12.6. The van der Waals surface area contributed by atoms with Gasteiger partial charge in [0.1, 0.15) is 0 Å². The SMILES string of the molecule is COc1cnn(C(C)C)c1C(N)Cc1nc(C)cs1. The summed E-state index contributed by atoms with van der Waals surface area (Å²) in [5, 5.41) is 7.43. The largest absolute Gasteiger partial charge is 0.493 e. The fourth-order valence-corrected chi connectivity index (χ4v) is 2.89. The molecule has 0 aliphatic carbocycles. The van der Waals surface area contributed by atoms with E-state index < -0.39 is 0 Å². The monoisotopic (exact) mass is 280 g/mol. The number of methoxy groups -OCH3 is 1. The first kappa shape index (κ1) is 14.0. The molecule has 0 saturated heterocycles. The number of hydrogen-bond acceptors (Lipinski definition) is 5. The summed E-state index contributed by atoms with van der Waals surface area (Å²) in [7, 11) is 1.64. The third-order valence-electron chi connectivity index (χ3n) is 2.92. The number of aromatic nitrogens is 3. The lowest BCUT2D eigenvalue weighted by atomic mass is 10.1. The first-order valence-electron chi connectivity index (χ1n) is 6.31. The quantitative estimate of drug-likeness (QED) is 0.913. The number of nitrogens with zero attached hydrogens (tertiary/aromatic N) is 3. The molecule has 0 saturated carbocycles. The van der Waals surface area contributed by atoms with Gasteiger partial charge in [0.05, 0.1) is 30.1 Å². The van der Waals surface area contributed by atoms with Crippen molar-refractivity contribution in [1.82, 2.24) is 14.8 Å². The minimum Gasteiger partial charge on any atom is -0.493 e. The predicted octanol–water partition coefficient (Wildman–Crippen LogP) is 2.48. The van der Waals surface area contributed by atoms with Crippen molar-refractivity contribution in [2.75, 3.05) is 7.11 Å². The Kier molecular flexibility index (Phi) is 4.21. The van der Waals surface area contributed by atoms with Gasteiger partial charge in [0.15, 0.2) is 5.75 Å². The van der Waals surface area contributed by atoms with Gasteiger partial charge in [0.2, 0.25) is 0 Å². The van der Waals surface area contributed by atoms with E-state index in [1.165, 1.54) is 0 Å². The van der Waals surface area contributed by atoms with Crippen molar-refractivity contribution in [2.24, 2.45) is 5.73 Å². The predicted molar refractivity (Wildman–Crippen MR) is 76.6 cm³/mol. The smallest absolute Gasteiger partial charge is 0.161 e. The van der Waals surface area contributed by atoms with Gasteiger partial charge in [-0.3, -0.25) is 4.68 Å². The Hall–Kier alpha value is -1.40. The van der Waals surface area contributed by atoms with Crippen molar-refractivity contribution >= 4 is 11.3 Å². The Morgan fingerprint density at radius 2 is 2.21 bits per heavy atom. The standard InChI is InChI=1S/C13H20N4OS/c1-8(2)17-13(11(18-4)6-15-17)10(14)5-12-16-9(3)7-19-12/h6-8,10H,5,14H2,1-4H3. The maximum absolute atomic E-state index is 6.32. The number of hydrogen-bond donors (Lipinski definition) is 1. The fourth-order valence-electron chi connectivity index (χ4n) is 2.06. The van der Waals surface area contributed by atoms with Crippen LogP contribution in [0, 0.1) is 6.92 Å². The summed E-state index contributed by atoms with van der Waals surface area (Å²) >= 11 is 1.64. The minimum atomic E-state index is -0.162. The summed E-state index contributed by atoms with van der Waals surface area (Å²) in [5.41, 5.74) is 8.30. The normalized spacial score (nSPS) is 12.9. The molecular formula is C13H20N4OS.